The first kappa shape index (κ1) is 22.5. The van der Waals surface area contributed by atoms with Crippen LogP contribution in [-0.2, 0) is 41.6 Å². The fraction of sp³-hybridized carbons (Fsp3) is 0.500. The van der Waals surface area contributed by atoms with Crippen LogP contribution in [0.4, 0.5) is 0 Å². The fourth-order valence-corrected chi connectivity index (χ4v) is 0.949. The number of hydrogen-bond donors (Lipinski definition) is 3. The van der Waals surface area contributed by atoms with Crippen LogP contribution < -0.4 is 0 Å². The van der Waals surface area contributed by atoms with Crippen LogP contribution in [0.15, 0.2) is 0 Å². The Morgan fingerprint density at radius 1 is 1.11 bits per heavy atom. The number of aliphatic carboxylic acids is 3. The predicted molar refractivity (Wildman–Crippen MR) is 50.1 cm³/mol. The second-order valence-corrected chi connectivity index (χ2v) is 2.76. The Balaban J connectivity index is -0.00000112. The first-order chi connectivity index (χ1) is 7.19. The van der Waals surface area contributed by atoms with Gasteiger partial charge in [-0.15, -0.1) is 10.1 Å². The summed E-state index contributed by atoms with van der Waals surface area (Å²) in [5.74, 6) is -5.50. The van der Waals surface area contributed by atoms with E-state index < -0.39 is 41.4 Å². The molecule has 0 amide bonds. The molecule has 0 aliphatic carbocycles. The molecule has 18 heavy (non-hydrogen) atoms. The minimum atomic E-state index is -2.92. The molecule has 0 aromatic heterocycles. The Morgan fingerprint density at radius 3 is 1.61 bits per heavy atom. The Kier molecular flexibility index (Phi) is 11.6. The van der Waals surface area contributed by atoms with Gasteiger partial charge in [0.2, 0.25) is 5.60 Å². The molecule has 0 atom stereocenters. The van der Waals surface area contributed by atoms with Crippen molar-refractivity contribution >= 4 is 47.5 Å². The first-order valence-electron chi connectivity index (χ1n) is 3.70. The standard InChI is InChI=1S/C6H7NO9.Ag.Na.H/c8-3(9)1-6(5(12)13,2-4(10)11)16-7(14)15;;;/h1-2H2,(H,8,9)(H,10,11)(H,12,13);;;. The molecule has 103 valence electrons. The third kappa shape index (κ3) is 7.63. The predicted octanol–water partition coefficient (Wildman–Crippen LogP) is -1.68. The van der Waals surface area contributed by atoms with Crippen LogP contribution in [0.5, 0.6) is 0 Å². The van der Waals surface area contributed by atoms with E-state index in [1.54, 1.807) is 0 Å². The van der Waals surface area contributed by atoms with Crippen molar-refractivity contribution in [2.45, 2.75) is 18.4 Å². The summed E-state index contributed by atoms with van der Waals surface area (Å²) < 4.78 is 0. The zero-order chi connectivity index (χ0) is 12.9. The number of nitrogens with zero attached hydrogens (tertiary/aromatic N) is 1. The summed E-state index contributed by atoms with van der Waals surface area (Å²) in [6.07, 6.45) is -2.68. The molecule has 0 heterocycles. The molecule has 0 spiro atoms. The summed E-state index contributed by atoms with van der Waals surface area (Å²) in [4.78, 5) is 45.0. The van der Waals surface area contributed by atoms with Gasteiger partial charge in [-0.05, 0) is 0 Å². The molecule has 0 saturated carbocycles. The number of carboxylic acids is 3. The van der Waals surface area contributed by atoms with Crippen LogP contribution in [-0.4, -0.2) is 73.5 Å². The topological polar surface area (TPSA) is 164 Å². The summed E-state index contributed by atoms with van der Waals surface area (Å²) in [5, 5.41) is 33.8. The van der Waals surface area contributed by atoms with E-state index in [4.69, 9.17) is 15.3 Å². The third-order valence-electron chi connectivity index (χ3n) is 1.51. The quantitative estimate of drug-likeness (QED) is 0.270. The van der Waals surface area contributed by atoms with Crippen LogP contribution in [0.25, 0.3) is 0 Å². The number of carboxylic acid groups (broad SMARTS) is 3. The minimum absolute atomic E-state index is 0. The van der Waals surface area contributed by atoms with Gasteiger partial charge in [0.15, 0.2) is 0 Å². The van der Waals surface area contributed by atoms with Crippen LogP contribution in [0, 0.1) is 10.1 Å². The van der Waals surface area contributed by atoms with E-state index in [2.05, 4.69) is 4.84 Å². The van der Waals surface area contributed by atoms with E-state index in [-0.39, 0.29) is 51.9 Å². The number of rotatable bonds is 7. The molecule has 0 saturated heterocycles. The number of hydrogen-bond acceptors (Lipinski definition) is 6. The molecule has 0 unspecified atom stereocenters. The molecule has 0 aliphatic heterocycles. The summed E-state index contributed by atoms with van der Waals surface area (Å²) in [6.45, 7) is 0. The van der Waals surface area contributed by atoms with E-state index in [1.165, 1.54) is 0 Å². The van der Waals surface area contributed by atoms with Gasteiger partial charge in [-0.2, -0.15) is 0 Å². The molecule has 0 bridgehead atoms. The fourth-order valence-electron chi connectivity index (χ4n) is 0.949. The Bertz CT molecular complexity index is 305. The summed E-state index contributed by atoms with van der Waals surface area (Å²) >= 11 is 0. The van der Waals surface area contributed by atoms with E-state index >= 15 is 0 Å². The maximum atomic E-state index is 10.7. The summed E-state index contributed by atoms with van der Waals surface area (Å²) in [6, 6.07) is 0. The van der Waals surface area contributed by atoms with E-state index in [0.717, 1.165) is 0 Å². The molecule has 12 heteroatoms. The van der Waals surface area contributed by atoms with Gasteiger partial charge in [-0.25, -0.2) is 4.79 Å². The van der Waals surface area contributed by atoms with Gasteiger partial charge in [0.25, 0.3) is 5.09 Å². The van der Waals surface area contributed by atoms with Crippen LogP contribution >= 0.6 is 0 Å². The number of carbonyl (C=O) groups is 3. The van der Waals surface area contributed by atoms with Crippen LogP contribution in [0.2, 0.25) is 0 Å². The van der Waals surface area contributed by atoms with E-state index in [1.807, 2.05) is 0 Å². The second kappa shape index (κ2) is 9.30. The van der Waals surface area contributed by atoms with Crippen molar-refractivity contribution in [2.75, 3.05) is 0 Å². The SMILES string of the molecule is O=C(O)CC(CC(=O)O)(O[N+](=O)[O-])C(=O)O.[Ag].[NaH]. The normalized spacial score (nSPS) is 9.33. The molecule has 3 N–H and O–H groups in total. The van der Waals surface area contributed by atoms with Crippen molar-refractivity contribution in [1.82, 2.24) is 0 Å². The molecular weight excluding hydrogens is 361 g/mol. The monoisotopic (exact) mass is 368 g/mol. The van der Waals surface area contributed by atoms with Gasteiger partial charge < -0.3 is 15.3 Å². The third-order valence-corrected chi connectivity index (χ3v) is 1.51. The molecular formula is C6H8AgNNaO9. The molecule has 1 radical (unpaired) electrons. The van der Waals surface area contributed by atoms with Gasteiger partial charge in [0.05, 0.1) is 12.8 Å². The molecule has 0 aromatic rings. The first-order valence-corrected chi connectivity index (χ1v) is 3.70. The zero-order valence-electron chi connectivity index (χ0n) is 7.95. The van der Waals surface area contributed by atoms with Crippen LogP contribution in [0.3, 0.4) is 0 Å². The average molecular weight is 369 g/mol. The molecule has 0 aliphatic rings. The van der Waals surface area contributed by atoms with Crippen molar-refractivity contribution in [2.24, 2.45) is 0 Å². The molecule has 0 fully saturated rings. The zero-order valence-corrected chi connectivity index (χ0v) is 9.44. The average Bonchev–Trinajstić information content (AvgIpc) is 1.98. The van der Waals surface area contributed by atoms with Crippen molar-refractivity contribution in [3.05, 3.63) is 10.1 Å². The Labute approximate surface area is 137 Å². The van der Waals surface area contributed by atoms with Crippen molar-refractivity contribution in [3.8, 4) is 0 Å². The van der Waals surface area contributed by atoms with Crippen molar-refractivity contribution < 1.29 is 62.0 Å². The van der Waals surface area contributed by atoms with Crippen molar-refractivity contribution in [3.63, 3.8) is 0 Å². The summed E-state index contributed by atoms with van der Waals surface area (Å²) in [5.41, 5.74) is -2.92. The Morgan fingerprint density at radius 2 is 1.44 bits per heavy atom. The van der Waals surface area contributed by atoms with Gasteiger partial charge in [0.1, 0.15) is 0 Å². The van der Waals surface area contributed by atoms with Gasteiger partial charge in [-0.1, -0.05) is 0 Å². The van der Waals surface area contributed by atoms with Gasteiger partial charge >= 0.3 is 47.5 Å². The second-order valence-electron chi connectivity index (χ2n) is 2.76. The molecule has 0 rings (SSSR count). The summed E-state index contributed by atoms with van der Waals surface area (Å²) in [7, 11) is 0. The van der Waals surface area contributed by atoms with Crippen LogP contribution in [0.1, 0.15) is 12.8 Å². The van der Waals surface area contributed by atoms with Gasteiger partial charge in [0, 0.05) is 22.4 Å². The van der Waals surface area contributed by atoms with Crippen molar-refractivity contribution in [1.29, 1.82) is 0 Å². The molecule has 10 nitrogen and oxygen atoms in total. The Hall–Kier alpha value is -0.650. The van der Waals surface area contributed by atoms with Gasteiger partial charge in [-0.3, -0.25) is 14.4 Å². The van der Waals surface area contributed by atoms with E-state index in [9.17, 15) is 24.5 Å². The maximum absolute atomic E-state index is 10.7. The van der Waals surface area contributed by atoms with E-state index in [0.29, 0.717) is 0 Å². The molecule has 0 aromatic carbocycles.